The van der Waals surface area contributed by atoms with E-state index < -0.39 is 5.91 Å². The molecule has 2 rings (SSSR count). The summed E-state index contributed by atoms with van der Waals surface area (Å²) >= 11 is 0. The van der Waals surface area contributed by atoms with E-state index in [0.29, 0.717) is 12.1 Å². The van der Waals surface area contributed by atoms with Crippen molar-refractivity contribution in [3.05, 3.63) is 65.7 Å². The highest BCUT2D eigenvalue weighted by molar-refractivity contribution is 5.92. The van der Waals surface area contributed by atoms with Crippen LogP contribution in [-0.4, -0.2) is 5.91 Å². The van der Waals surface area contributed by atoms with Gasteiger partial charge in [-0.25, -0.2) is 4.39 Å². The molecule has 0 aliphatic carbocycles. The van der Waals surface area contributed by atoms with Crippen molar-refractivity contribution < 1.29 is 30.7 Å². The summed E-state index contributed by atoms with van der Waals surface area (Å²) in [5.74, 6) is -0.743. The molecule has 0 bridgehead atoms. The van der Waals surface area contributed by atoms with Crippen molar-refractivity contribution in [2.24, 2.45) is 5.73 Å². The third-order valence-electron chi connectivity index (χ3n) is 2.40. The van der Waals surface area contributed by atoms with Gasteiger partial charge in [-0.15, -0.1) is 0 Å². The Bertz CT molecular complexity index is 560. The van der Waals surface area contributed by atoms with Crippen molar-refractivity contribution in [1.29, 1.82) is 0 Å². The molecule has 1 aromatic heterocycles. The first-order valence-electron chi connectivity index (χ1n) is 5.18. The lowest BCUT2D eigenvalue weighted by Gasteiger charge is -1.99. The van der Waals surface area contributed by atoms with Crippen LogP contribution < -0.4 is 27.3 Å². The van der Waals surface area contributed by atoms with Gasteiger partial charge in [-0.05, 0) is 18.2 Å². The molecule has 1 aromatic carbocycles. The Morgan fingerprint density at radius 2 is 2.06 bits per heavy atom. The monoisotopic (exact) mass is 310 g/mol. The SMILES string of the molecule is NC(=O)c1ccc[n+](Cc2cccc(F)c2)c1.[Br-]. The molecule has 0 atom stereocenters. The van der Waals surface area contributed by atoms with Crippen LogP contribution in [0.5, 0.6) is 0 Å². The summed E-state index contributed by atoms with van der Waals surface area (Å²) in [6, 6.07) is 9.72. The first-order valence-corrected chi connectivity index (χ1v) is 5.18. The highest BCUT2D eigenvalue weighted by Crippen LogP contribution is 2.03. The van der Waals surface area contributed by atoms with E-state index >= 15 is 0 Å². The van der Waals surface area contributed by atoms with Gasteiger partial charge in [0.05, 0.1) is 0 Å². The van der Waals surface area contributed by atoms with Gasteiger partial charge in [0.1, 0.15) is 11.4 Å². The molecular formula is C13H12BrFN2O. The number of benzene rings is 1. The summed E-state index contributed by atoms with van der Waals surface area (Å²) < 4.78 is 14.8. The number of pyridine rings is 1. The van der Waals surface area contributed by atoms with Gasteiger partial charge in [0.25, 0.3) is 5.91 Å². The van der Waals surface area contributed by atoms with E-state index in [1.165, 1.54) is 12.1 Å². The zero-order chi connectivity index (χ0) is 12.3. The molecule has 18 heavy (non-hydrogen) atoms. The van der Waals surface area contributed by atoms with E-state index in [0.717, 1.165) is 5.56 Å². The van der Waals surface area contributed by atoms with E-state index in [1.54, 1.807) is 35.2 Å². The predicted molar refractivity (Wildman–Crippen MR) is 60.7 cm³/mol. The number of aromatic nitrogens is 1. The largest absolute Gasteiger partial charge is 1.00 e. The van der Waals surface area contributed by atoms with Crippen LogP contribution in [0, 0.1) is 5.82 Å². The molecule has 0 saturated heterocycles. The molecule has 2 N–H and O–H groups in total. The number of amides is 1. The minimum Gasteiger partial charge on any atom is -1.00 e. The molecule has 0 spiro atoms. The zero-order valence-corrected chi connectivity index (χ0v) is 11.1. The fraction of sp³-hybridized carbons (Fsp3) is 0.0769. The van der Waals surface area contributed by atoms with Crippen LogP contribution in [0.4, 0.5) is 4.39 Å². The summed E-state index contributed by atoms with van der Waals surface area (Å²) in [7, 11) is 0. The number of halogens is 2. The van der Waals surface area contributed by atoms with Crippen molar-refractivity contribution >= 4 is 5.91 Å². The second-order valence-electron chi connectivity index (χ2n) is 3.76. The third kappa shape index (κ3) is 3.63. The molecule has 0 saturated carbocycles. The molecule has 1 heterocycles. The second kappa shape index (κ2) is 6.26. The first kappa shape index (κ1) is 14.3. The Balaban J connectivity index is 0.00000162. The molecule has 0 unspecified atom stereocenters. The van der Waals surface area contributed by atoms with Gasteiger partial charge in [0.2, 0.25) is 0 Å². The van der Waals surface area contributed by atoms with Crippen LogP contribution in [0.2, 0.25) is 0 Å². The van der Waals surface area contributed by atoms with Crippen molar-refractivity contribution in [2.45, 2.75) is 6.54 Å². The molecule has 94 valence electrons. The lowest BCUT2D eigenvalue weighted by Crippen LogP contribution is -3.00. The molecule has 5 heteroatoms. The Hall–Kier alpha value is -1.75. The number of hydrogen-bond donors (Lipinski definition) is 1. The summed E-state index contributed by atoms with van der Waals surface area (Å²) in [5.41, 5.74) is 6.45. The molecule has 0 radical (unpaired) electrons. The lowest BCUT2D eigenvalue weighted by molar-refractivity contribution is -0.688. The minimum atomic E-state index is -0.474. The Morgan fingerprint density at radius 1 is 1.28 bits per heavy atom. The number of nitrogens with zero attached hydrogens (tertiary/aromatic N) is 1. The number of carbonyl (C=O) groups is 1. The van der Waals surface area contributed by atoms with Crippen molar-refractivity contribution in [3.63, 3.8) is 0 Å². The zero-order valence-electron chi connectivity index (χ0n) is 9.51. The Kier molecular flexibility index (Phi) is 4.97. The summed E-state index contributed by atoms with van der Waals surface area (Å²) in [5, 5.41) is 0. The van der Waals surface area contributed by atoms with E-state index in [9.17, 15) is 9.18 Å². The highest BCUT2D eigenvalue weighted by atomic mass is 79.9. The Labute approximate surface area is 115 Å². The van der Waals surface area contributed by atoms with Gasteiger partial charge >= 0.3 is 0 Å². The fourth-order valence-corrected chi connectivity index (χ4v) is 1.61. The fourth-order valence-electron chi connectivity index (χ4n) is 1.61. The minimum absolute atomic E-state index is 0. The molecule has 0 aliphatic rings. The average molecular weight is 311 g/mol. The van der Waals surface area contributed by atoms with Crippen LogP contribution in [-0.2, 0) is 6.54 Å². The summed E-state index contributed by atoms with van der Waals surface area (Å²) in [6.45, 7) is 0.499. The smallest absolute Gasteiger partial charge is 0.254 e. The molecule has 1 amide bonds. The average Bonchev–Trinajstić information content (AvgIpc) is 2.29. The summed E-state index contributed by atoms with van der Waals surface area (Å²) in [6.07, 6.45) is 3.45. The molecule has 2 aromatic rings. The van der Waals surface area contributed by atoms with Gasteiger partial charge in [-0.2, -0.15) is 4.57 Å². The standard InChI is InChI=1S/C13H11FN2O.BrH/c14-12-5-1-3-10(7-12)8-16-6-2-4-11(9-16)13(15)17;/h1-7,9H,8H2,(H-,15,17);1H. The van der Waals surface area contributed by atoms with Gasteiger partial charge in [0, 0.05) is 11.6 Å². The maximum atomic E-state index is 13.0. The van der Waals surface area contributed by atoms with Crippen LogP contribution in [0.25, 0.3) is 0 Å². The third-order valence-corrected chi connectivity index (χ3v) is 2.40. The van der Waals surface area contributed by atoms with Crippen LogP contribution in [0.15, 0.2) is 48.8 Å². The molecular weight excluding hydrogens is 299 g/mol. The summed E-state index contributed by atoms with van der Waals surface area (Å²) in [4.78, 5) is 11.0. The maximum absolute atomic E-state index is 13.0. The number of nitrogens with two attached hydrogens (primary N) is 1. The first-order chi connectivity index (χ1) is 8.15. The quantitative estimate of drug-likeness (QED) is 0.673. The van der Waals surface area contributed by atoms with Crippen LogP contribution in [0.1, 0.15) is 15.9 Å². The number of rotatable bonds is 3. The lowest BCUT2D eigenvalue weighted by atomic mass is 10.2. The van der Waals surface area contributed by atoms with Gasteiger partial charge < -0.3 is 22.7 Å². The highest BCUT2D eigenvalue weighted by Gasteiger charge is 2.08. The molecule has 3 nitrogen and oxygen atoms in total. The number of carbonyl (C=O) groups excluding carboxylic acids is 1. The van der Waals surface area contributed by atoms with E-state index in [4.69, 9.17) is 5.73 Å². The van der Waals surface area contributed by atoms with Crippen molar-refractivity contribution in [3.8, 4) is 0 Å². The normalized spacial score (nSPS) is 9.61. The Morgan fingerprint density at radius 3 is 2.72 bits per heavy atom. The van der Waals surface area contributed by atoms with Crippen LogP contribution >= 0.6 is 0 Å². The van der Waals surface area contributed by atoms with E-state index in [1.807, 2.05) is 6.07 Å². The van der Waals surface area contributed by atoms with Crippen LogP contribution in [0.3, 0.4) is 0 Å². The number of hydrogen-bond acceptors (Lipinski definition) is 1. The number of primary amides is 1. The topological polar surface area (TPSA) is 47.0 Å². The van der Waals surface area contributed by atoms with Gasteiger partial charge in [0.15, 0.2) is 18.9 Å². The van der Waals surface area contributed by atoms with Gasteiger partial charge in [-0.1, -0.05) is 12.1 Å². The second-order valence-corrected chi connectivity index (χ2v) is 3.76. The molecule has 0 fully saturated rings. The van der Waals surface area contributed by atoms with E-state index in [2.05, 4.69) is 0 Å². The van der Waals surface area contributed by atoms with Gasteiger partial charge in [-0.3, -0.25) is 4.79 Å². The maximum Gasteiger partial charge on any atom is 0.254 e. The van der Waals surface area contributed by atoms with Crippen molar-refractivity contribution in [2.75, 3.05) is 0 Å². The van der Waals surface area contributed by atoms with E-state index in [-0.39, 0.29) is 22.8 Å². The predicted octanol–water partition coefficient (Wildman–Crippen LogP) is -1.74. The van der Waals surface area contributed by atoms with Crippen molar-refractivity contribution in [1.82, 2.24) is 0 Å². The molecule has 0 aliphatic heterocycles.